The second kappa shape index (κ2) is 6.48. The van der Waals surface area contributed by atoms with E-state index in [0.29, 0.717) is 5.95 Å². The Morgan fingerprint density at radius 1 is 1.52 bits per heavy atom. The first-order valence-electron chi connectivity index (χ1n) is 7.33. The summed E-state index contributed by atoms with van der Waals surface area (Å²) >= 11 is 0. The molecule has 2 aromatic heterocycles. The van der Waals surface area contributed by atoms with E-state index in [9.17, 15) is 14.5 Å². The number of hydrogen-bond acceptors (Lipinski definition) is 8. The quantitative estimate of drug-likeness (QED) is 0.474. The van der Waals surface area contributed by atoms with Crippen LogP contribution in [-0.4, -0.2) is 67.3 Å². The zero-order valence-electron chi connectivity index (χ0n) is 13.4. The minimum atomic E-state index is -4.66. The Hall–Kier alpha value is -1.82. The summed E-state index contributed by atoms with van der Waals surface area (Å²) in [7, 11) is -1.22. The third-order valence-electron chi connectivity index (χ3n) is 3.76. The summed E-state index contributed by atoms with van der Waals surface area (Å²) < 4.78 is 22.3. The van der Waals surface area contributed by atoms with Crippen molar-refractivity contribution in [3.63, 3.8) is 0 Å². The molecule has 4 N–H and O–H groups in total. The normalized spacial score (nSPS) is 24.1. The highest BCUT2D eigenvalue weighted by molar-refractivity contribution is 7.46. The van der Waals surface area contributed by atoms with E-state index in [4.69, 9.17) is 14.5 Å². The molecule has 0 spiro atoms. The van der Waals surface area contributed by atoms with Gasteiger partial charge < -0.3 is 24.5 Å². The Bertz CT molecular complexity index is 874. The summed E-state index contributed by atoms with van der Waals surface area (Å²) in [5, 5.41) is 10.0. The summed E-state index contributed by atoms with van der Waals surface area (Å²) in [6.45, 7) is -0.467. The molecule has 3 atom stereocenters. The molecule has 0 saturated carbocycles. The van der Waals surface area contributed by atoms with Crippen LogP contribution in [-0.2, 0) is 13.8 Å². The van der Waals surface area contributed by atoms with Crippen molar-refractivity contribution < 1.29 is 28.7 Å². The first-order chi connectivity index (χ1) is 11.7. The first kappa shape index (κ1) is 18.0. The number of ether oxygens (including phenoxy) is 1. The highest BCUT2D eigenvalue weighted by Crippen LogP contribution is 2.38. The zero-order valence-corrected chi connectivity index (χ0v) is 14.3. The van der Waals surface area contributed by atoms with Crippen LogP contribution in [0.15, 0.2) is 11.1 Å². The predicted molar refractivity (Wildman–Crippen MR) is 85.0 cm³/mol. The number of imidazole rings is 1. The van der Waals surface area contributed by atoms with Gasteiger partial charge in [0.05, 0.1) is 19.0 Å². The third kappa shape index (κ3) is 3.73. The Balaban J connectivity index is 1.87. The maximum atomic E-state index is 12.1. The van der Waals surface area contributed by atoms with Crippen LogP contribution < -0.4 is 10.5 Å². The van der Waals surface area contributed by atoms with Gasteiger partial charge in [0.2, 0.25) is 5.95 Å². The van der Waals surface area contributed by atoms with Crippen molar-refractivity contribution in [1.82, 2.24) is 19.5 Å². The highest BCUT2D eigenvalue weighted by atomic mass is 31.2. The number of anilines is 1. The lowest BCUT2D eigenvalue weighted by Gasteiger charge is -2.16. The number of phosphoric acid groups is 1. The molecule has 3 rings (SSSR count). The number of aromatic nitrogens is 4. The molecule has 1 fully saturated rings. The second-order valence-electron chi connectivity index (χ2n) is 5.83. The molecule has 0 bridgehead atoms. The van der Waals surface area contributed by atoms with E-state index in [-0.39, 0.29) is 17.6 Å². The van der Waals surface area contributed by atoms with Crippen LogP contribution in [0.25, 0.3) is 11.2 Å². The van der Waals surface area contributed by atoms with E-state index < -0.39 is 38.4 Å². The SMILES string of the molecule is CN(C)c1nc2c(ncn2[C@H]2C[C@H](O)[C@@H](COP(=O)(O)O)O2)c(=O)[nH]1. The van der Waals surface area contributed by atoms with Gasteiger partial charge in [0.25, 0.3) is 5.56 Å². The van der Waals surface area contributed by atoms with Gasteiger partial charge in [-0.2, -0.15) is 4.98 Å². The predicted octanol–water partition coefficient (Wildman–Crippen LogP) is -1.06. The number of fused-ring (bicyclic) bond motifs is 1. The first-order valence-corrected chi connectivity index (χ1v) is 8.86. The van der Waals surface area contributed by atoms with E-state index in [1.54, 1.807) is 19.0 Å². The van der Waals surface area contributed by atoms with Crippen molar-refractivity contribution in [3.05, 3.63) is 16.7 Å². The van der Waals surface area contributed by atoms with Gasteiger partial charge in [-0.25, -0.2) is 9.55 Å². The maximum absolute atomic E-state index is 12.1. The molecule has 1 aliphatic heterocycles. The van der Waals surface area contributed by atoms with Crippen molar-refractivity contribution in [2.24, 2.45) is 0 Å². The average Bonchev–Trinajstić information content (AvgIpc) is 3.08. The summed E-state index contributed by atoms with van der Waals surface area (Å²) in [6, 6.07) is 0. The van der Waals surface area contributed by atoms with E-state index in [0.717, 1.165) is 0 Å². The van der Waals surface area contributed by atoms with Crippen LogP contribution in [0.5, 0.6) is 0 Å². The molecule has 2 aromatic rings. The van der Waals surface area contributed by atoms with Crippen LogP contribution in [0.2, 0.25) is 0 Å². The molecule has 1 aliphatic rings. The van der Waals surface area contributed by atoms with Crippen LogP contribution >= 0.6 is 7.82 Å². The number of hydrogen-bond donors (Lipinski definition) is 4. The number of nitrogens with zero attached hydrogens (tertiary/aromatic N) is 4. The highest BCUT2D eigenvalue weighted by Gasteiger charge is 2.37. The molecule has 13 heteroatoms. The molecule has 0 aliphatic carbocycles. The third-order valence-corrected chi connectivity index (χ3v) is 4.25. The summed E-state index contributed by atoms with van der Waals surface area (Å²) in [4.78, 5) is 42.2. The molecular weight excluding hydrogens is 357 g/mol. The van der Waals surface area contributed by atoms with Gasteiger partial charge in [-0.15, -0.1) is 0 Å². The molecule has 138 valence electrons. The fourth-order valence-electron chi connectivity index (χ4n) is 2.54. The maximum Gasteiger partial charge on any atom is 0.469 e. The Kier molecular flexibility index (Phi) is 4.66. The van der Waals surface area contributed by atoms with Gasteiger partial charge in [0, 0.05) is 20.5 Å². The van der Waals surface area contributed by atoms with Crippen molar-refractivity contribution in [3.8, 4) is 0 Å². The van der Waals surface area contributed by atoms with Gasteiger partial charge in [0.1, 0.15) is 12.3 Å². The van der Waals surface area contributed by atoms with Gasteiger partial charge in [-0.05, 0) is 0 Å². The number of phosphoric ester groups is 1. The molecule has 0 unspecified atom stereocenters. The fourth-order valence-corrected chi connectivity index (χ4v) is 2.88. The van der Waals surface area contributed by atoms with E-state index in [2.05, 4.69) is 19.5 Å². The summed E-state index contributed by atoms with van der Waals surface area (Å²) in [5.74, 6) is 0.333. The van der Waals surface area contributed by atoms with Gasteiger partial charge in [-0.1, -0.05) is 0 Å². The zero-order chi connectivity index (χ0) is 18.4. The van der Waals surface area contributed by atoms with Crippen LogP contribution in [0, 0.1) is 0 Å². The number of nitrogens with one attached hydrogen (secondary N) is 1. The number of aliphatic hydroxyl groups is 1. The molecule has 0 aromatic carbocycles. The van der Waals surface area contributed by atoms with Crippen molar-refractivity contribution in [2.75, 3.05) is 25.6 Å². The largest absolute Gasteiger partial charge is 0.469 e. The Labute approximate surface area is 141 Å². The standard InChI is InChI=1S/C12H18N5O7P/c1-16(2)12-14-10-9(11(19)15-12)13-5-17(10)8-3-6(18)7(24-8)4-23-25(20,21)22/h5-8,18H,3-4H2,1-2H3,(H,14,15,19)(H2,20,21,22)/t6-,7+,8+/m0/s1. The van der Waals surface area contributed by atoms with E-state index >= 15 is 0 Å². The lowest BCUT2D eigenvalue weighted by molar-refractivity contribution is -0.0424. The molecule has 0 radical (unpaired) electrons. The molecule has 1 saturated heterocycles. The Morgan fingerprint density at radius 2 is 2.24 bits per heavy atom. The van der Waals surface area contributed by atoms with Gasteiger partial charge in [-0.3, -0.25) is 18.9 Å². The number of aliphatic hydroxyl groups excluding tert-OH is 1. The molecular formula is C12H18N5O7P. The lowest BCUT2D eigenvalue weighted by Crippen LogP contribution is -2.25. The number of H-pyrrole nitrogens is 1. The van der Waals surface area contributed by atoms with Crippen molar-refractivity contribution in [2.45, 2.75) is 24.9 Å². The minimum Gasteiger partial charge on any atom is -0.390 e. The van der Waals surface area contributed by atoms with Crippen LogP contribution in [0.1, 0.15) is 12.6 Å². The van der Waals surface area contributed by atoms with Gasteiger partial charge >= 0.3 is 7.82 Å². The van der Waals surface area contributed by atoms with E-state index in [1.807, 2.05) is 0 Å². The lowest BCUT2D eigenvalue weighted by atomic mass is 10.2. The number of rotatable bonds is 5. The second-order valence-corrected chi connectivity index (χ2v) is 7.07. The topological polar surface area (TPSA) is 163 Å². The summed E-state index contributed by atoms with van der Waals surface area (Å²) in [6.07, 6.45) is -1.12. The van der Waals surface area contributed by atoms with Crippen molar-refractivity contribution >= 4 is 24.9 Å². The molecule has 25 heavy (non-hydrogen) atoms. The van der Waals surface area contributed by atoms with Gasteiger partial charge in [0.15, 0.2) is 11.2 Å². The number of aromatic amines is 1. The van der Waals surface area contributed by atoms with Crippen molar-refractivity contribution in [1.29, 1.82) is 0 Å². The molecule has 0 amide bonds. The van der Waals surface area contributed by atoms with Crippen LogP contribution in [0.4, 0.5) is 5.95 Å². The monoisotopic (exact) mass is 375 g/mol. The average molecular weight is 375 g/mol. The molecule has 12 nitrogen and oxygen atoms in total. The Morgan fingerprint density at radius 3 is 2.88 bits per heavy atom. The van der Waals surface area contributed by atoms with Crippen LogP contribution in [0.3, 0.4) is 0 Å². The molecule has 3 heterocycles. The fraction of sp³-hybridized carbons (Fsp3) is 0.583. The van der Waals surface area contributed by atoms with E-state index in [1.165, 1.54) is 10.9 Å². The smallest absolute Gasteiger partial charge is 0.390 e. The summed E-state index contributed by atoms with van der Waals surface area (Å²) in [5.41, 5.74) is -0.00723. The minimum absolute atomic E-state index is 0.124.